The molecular weight excluding hydrogens is 228 g/mol. The third-order valence-corrected chi connectivity index (χ3v) is 3.94. The van der Waals surface area contributed by atoms with Crippen LogP contribution >= 0.6 is 0 Å². The van der Waals surface area contributed by atoms with E-state index in [-0.39, 0.29) is 12.1 Å². The fraction of sp³-hybridized carbons (Fsp3) is 1.00. The van der Waals surface area contributed by atoms with Gasteiger partial charge < -0.3 is 4.74 Å². The molecule has 2 N–H and O–H groups in total. The lowest BCUT2D eigenvalue weighted by Gasteiger charge is -2.33. The highest BCUT2D eigenvalue weighted by molar-refractivity contribution is 7.86. The Bertz CT molecular complexity index is 303. The van der Waals surface area contributed by atoms with Crippen molar-refractivity contribution in [2.45, 2.75) is 51.7 Å². The largest absolute Gasteiger partial charge is 0.379 e. The van der Waals surface area contributed by atoms with Crippen LogP contribution < -0.4 is 5.14 Å². The highest BCUT2D eigenvalue weighted by Gasteiger charge is 2.29. The van der Waals surface area contributed by atoms with E-state index in [4.69, 9.17) is 9.88 Å². The summed E-state index contributed by atoms with van der Waals surface area (Å²) in [5, 5.41) is 5.19. The van der Waals surface area contributed by atoms with Crippen LogP contribution in [-0.4, -0.2) is 38.0 Å². The van der Waals surface area contributed by atoms with Crippen molar-refractivity contribution in [2.75, 3.05) is 13.2 Å². The fourth-order valence-corrected chi connectivity index (χ4v) is 3.05. The number of rotatable bonds is 5. The summed E-state index contributed by atoms with van der Waals surface area (Å²) in [4.78, 5) is 0. The van der Waals surface area contributed by atoms with Crippen molar-refractivity contribution in [2.24, 2.45) is 5.14 Å². The lowest BCUT2D eigenvalue weighted by atomic mass is 10.0. The molecule has 1 rings (SSSR count). The van der Waals surface area contributed by atoms with E-state index in [1.165, 1.54) is 4.31 Å². The van der Waals surface area contributed by atoms with Gasteiger partial charge in [0, 0.05) is 19.2 Å². The van der Waals surface area contributed by atoms with Crippen molar-refractivity contribution in [1.82, 2.24) is 4.31 Å². The van der Waals surface area contributed by atoms with E-state index in [1.807, 2.05) is 13.8 Å². The molecular formula is C10H22N2O3S. The van der Waals surface area contributed by atoms with Crippen LogP contribution in [0.15, 0.2) is 0 Å². The first kappa shape index (κ1) is 13.9. The summed E-state index contributed by atoms with van der Waals surface area (Å²) < 4.78 is 29.6. The van der Waals surface area contributed by atoms with E-state index in [9.17, 15) is 8.42 Å². The highest BCUT2D eigenvalue weighted by atomic mass is 32.2. The average molecular weight is 250 g/mol. The minimum atomic E-state index is -3.55. The molecule has 0 saturated carbocycles. The van der Waals surface area contributed by atoms with Gasteiger partial charge in [0.15, 0.2) is 0 Å². The van der Waals surface area contributed by atoms with E-state index in [0.717, 1.165) is 25.7 Å². The van der Waals surface area contributed by atoms with Crippen LogP contribution in [-0.2, 0) is 14.9 Å². The lowest BCUT2D eigenvalue weighted by molar-refractivity contribution is 0.0620. The Morgan fingerprint density at radius 2 is 2.12 bits per heavy atom. The minimum absolute atomic E-state index is 0.0162. The molecule has 1 aliphatic rings. The van der Waals surface area contributed by atoms with Crippen molar-refractivity contribution < 1.29 is 13.2 Å². The molecule has 1 saturated heterocycles. The zero-order chi connectivity index (χ0) is 12.2. The van der Waals surface area contributed by atoms with Crippen LogP contribution in [0.4, 0.5) is 0 Å². The number of ether oxygens (including phenoxy) is 1. The maximum atomic E-state index is 11.4. The first-order valence-electron chi connectivity index (χ1n) is 5.82. The molecule has 5 nitrogen and oxygen atoms in total. The monoisotopic (exact) mass is 250 g/mol. The third-order valence-electron chi connectivity index (χ3n) is 2.80. The summed E-state index contributed by atoms with van der Waals surface area (Å²) >= 11 is 0. The second-order valence-electron chi connectivity index (χ2n) is 4.51. The number of hydrogen-bond acceptors (Lipinski definition) is 3. The molecule has 0 aromatic carbocycles. The molecule has 0 aromatic rings. The van der Waals surface area contributed by atoms with Crippen molar-refractivity contribution in [3.8, 4) is 0 Å². The average Bonchev–Trinajstić information content (AvgIpc) is 2.16. The molecule has 16 heavy (non-hydrogen) atoms. The minimum Gasteiger partial charge on any atom is -0.379 e. The van der Waals surface area contributed by atoms with Crippen LogP contribution in [0.3, 0.4) is 0 Å². The first-order chi connectivity index (χ1) is 7.41. The van der Waals surface area contributed by atoms with Crippen LogP contribution in [0.25, 0.3) is 0 Å². The van der Waals surface area contributed by atoms with Crippen LogP contribution in [0.5, 0.6) is 0 Å². The number of piperidine rings is 1. The Hall–Kier alpha value is -0.170. The number of nitrogens with two attached hydrogens (primary N) is 1. The summed E-state index contributed by atoms with van der Waals surface area (Å²) in [5.74, 6) is 0. The van der Waals surface area contributed by atoms with Gasteiger partial charge in [-0.3, -0.25) is 0 Å². The summed E-state index contributed by atoms with van der Waals surface area (Å²) in [6, 6.07) is 0.0162. The second kappa shape index (κ2) is 5.95. The molecule has 0 aromatic heterocycles. The molecule has 1 fully saturated rings. The zero-order valence-electron chi connectivity index (χ0n) is 10.1. The van der Waals surface area contributed by atoms with Gasteiger partial charge in [-0.1, -0.05) is 6.42 Å². The van der Waals surface area contributed by atoms with Crippen LogP contribution in [0.2, 0.25) is 0 Å². The SMILES string of the molecule is CC(C)OCCC1CCCCN1S(N)(=O)=O. The van der Waals surface area contributed by atoms with Crippen LogP contribution in [0.1, 0.15) is 39.5 Å². The second-order valence-corrected chi connectivity index (χ2v) is 6.01. The summed E-state index contributed by atoms with van der Waals surface area (Å²) in [6.07, 6.45) is 3.77. The molecule has 0 aliphatic carbocycles. The van der Waals surface area contributed by atoms with Gasteiger partial charge in [-0.2, -0.15) is 12.7 Å². The molecule has 0 spiro atoms. The van der Waals surface area contributed by atoms with E-state index >= 15 is 0 Å². The molecule has 1 aliphatic heterocycles. The molecule has 96 valence electrons. The molecule has 1 heterocycles. The lowest BCUT2D eigenvalue weighted by Crippen LogP contribution is -2.47. The van der Waals surface area contributed by atoms with Gasteiger partial charge in [-0.05, 0) is 33.1 Å². The summed E-state index contributed by atoms with van der Waals surface area (Å²) in [6.45, 7) is 5.08. The van der Waals surface area contributed by atoms with Crippen molar-refractivity contribution in [1.29, 1.82) is 0 Å². The topological polar surface area (TPSA) is 72.6 Å². The standard InChI is InChI=1S/C10H22N2O3S/c1-9(2)15-8-6-10-5-3-4-7-12(10)16(11,13)14/h9-10H,3-8H2,1-2H3,(H2,11,13,14). The maximum absolute atomic E-state index is 11.4. The molecule has 1 atom stereocenters. The fourth-order valence-electron chi connectivity index (χ4n) is 2.04. The number of nitrogens with zero attached hydrogens (tertiary/aromatic N) is 1. The van der Waals surface area contributed by atoms with Crippen molar-refractivity contribution in [3.05, 3.63) is 0 Å². The van der Waals surface area contributed by atoms with Gasteiger partial charge in [-0.15, -0.1) is 0 Å². The predicted molar refractivity (Wildman–Crippen MR) is 63.2 cm³/mol. The van der Waals surface area contributed by atoms with Gasteiger partial charge in [0.2, 0.25) is 0 Å². The summed E-state index contributed by atoms with van der Waals surface area (Å²) in [7, 11) is -3.55. The van der Waals surface area contributed by atoms with Crippen molar-refractivity contribution in [3.63, 3.8) is 0 Å². The maximum Gasteiger partial charge on any atom is 0.277 e. The van der Waals surface area contributed by atoms with Gasteiger partial charge in [0.05, 0.1) is 6.10 Å². The van der Waals surface area contributed by atoms with Crippen LogP contribution in [0, 0.1) is 0 Å². The van der Waals surface area contributed by atoms with Gasteiger partial charge in [0.25, 0.3) is 10.2 Å². The third kappa shape index (κ3) is 4.37. The molecule has 6 heteroatoms. The zero-order valence-corrected chi connectivity index (χ0v) is 10.9. The van der Waals surface area contributed by atoms with E-state index in [2.05, 4.69) is 0 Å². The Kier molecular flexibility index (Phi) is 5.17. The molecule has 0 bridgehead atoms. The Labute approximate surface area is 98.1 Å². The molecule has 1 unspecified atom stereocenters. The Balaban J connectivity index is 2.48. The first-order valence-corrected chi connectivity index (χ1v) is 7.32. The molecule has 0 amide bonds. The summed E-state index contributed by atoms with van der Waals surface area (Å²) in [5.41, 5.74) is 0. The Morgan fingerprint density at radius 1 is 1.44 bits per heavy atom. The Morgan fingerprint density at radius 3 is 2.69 bits per heavy atom. The quantitative estimate of drug-likeness (QED) is 0.786. The van der Waals surface area contributed by atoms with E-state index < -0.39 is 10.2 Å². The van der Waals surface area contributed by atoms with E-state index in [1.54, 1.807) is 0 Å². The predicted octanol–water partition coefficient (Wildman–Crippen LogP) is 0.860. The number of hydrogen-bond donors (Lipinski definition) is 1. The smallest absolute Gasteiger partial charge is 0.277 e. The van der Waals surface area contributed by atoms with Gasteiger partial charge >= 0.3 is 0 Å². The van der Waals surface area contributed by atoms with Crippen molar-refractivity contribution >= 4 is 10.2 Å². The highest BCUT2D eigenvalue weighted by Crippen LogP contribution is 2.21. The normalized spacial score (nSPS) is 23.9. The molecule has 0 radical (unpaired) electrons. The van der Waals surface area contributed by atoms with Gasteiger partial charge in [-0.25, -0.2) is 5.14 Å². The van der Waals surface area contributed by atoms with Gasteiger partial charge in [0.1, 0.15) is 0 Å². The van der Waals surface area contributed by atoms with E-state index in [0.29, 0.717) is 13.2 Å².